The average molecular weight is 383 g/mol. The van der Waals surface area contributed by atoms with Gasteiger partial charge >= 0.3 is 12.6 Å². The van der Waals surface area contributed by atoms with Crippen molar-refractivity contribution in [1.82, 2.24) is 4.90 Å². The topological polar surface area (TPSA) is 76.1 Å². The van der Waals surface area contributed by atoms with Crippen LogP contribution in [0.3, 0.4) is 0 Å². The number of rotatable bonds is 5. The minimum Gasteiger partial charge on any atom is -0.481 e. The number of ether oxygens (including phenoxy) is 2. The van der Waals surface area contributed by atoms with Gasteiger partial charge in [0.1, 0.15) is 11.9 Å². The number of carbonyl (C=O) groups excluding carboxylic acids is 1. The number of morpholine rings is 1. The first kappa shape index (κ1) is 19.5. The highest BCUT2D eigenvalue weighted by Crippen LogP contribution is 2.32. The monoisotopic (exact) mass is 383 g/mol. The number of amides is 1. The maximum absolute atomic E-state index is 12.8. The summed E-state index contributed by atoms with van der Waals surface area (Å²) in [6.07, 6.45) is 1.80. The van der Waals surface area contributed by atoms with E-state index in [9.17, 15) is 18.4 Å². The number of alkyl halides is 2. The molecule has 2 fully saturated rings. The SMILES string of the molecule is O=C(O)C1CCC(C(=O)N2CCOC(c3cccc(OC(F)F)c3)C2)CC1. The fraction of sp³-hybridized carbons (Fsp3) is 0.579. The molecule has 1 atom stereocenters. The maximum Gasteiger partial charge on any atom is 0.387 e. The summed E-state index contributed by atoms with van der Waals surface area (Å²) < 4.78 is 35.0. The van der Waals surface area contributed by atoms with Crippen LogP contribution in [0.2, 0.25) is 0 Å². The zero-order valence-electron chi connectivity index (χ0n) is 14.9. The molecule has 6 nitrogen and oxygen atoms in total. The molecule has 2 aliphatic rings. The molecule has 1 unspecified atom stereocenters. The Bertz CT molecular complexity index is 676. The Morgan fingerprint density at radius 1 is 1.19 bits per heavy atom. The van der Waals surface area contributed by atoms with E-state index in [0.29, 0.717) is 50.9 Å². The van der Waals surface area contributed by atoms with Crippen molar-refractivity contribution < 1.29 is 33.0 Å². The third-order valence-electron chi connectivity index (χ3n) is 5.26. The summed E-state index contributed by atoms with van der Waals surface area (Å²) in [7, 11) is 0. The number of aliphatic carboxylic acids is 1. The zero-order valence-corrected chi connectivity index (χ0v) is 14.9. The Labute approximate surface area is 156 Å². The number of carbonyl (C=O) groups is 2. The lowest BCUT2D eigenvalue weighted by molar-refractivity contribution is -0.148. The van der Waals surface area contributed by atoms with Gasteiger partial charge in [0.25, 0.3) is 0 Å². The van der Waals surface area contributed by atoms with E-state index in [2.05, 4.69) is 4.74 Å². The fourth-order valence-corrected chi connectivity index (χ4v) is 3.79. The van der Waals surface area contributed by atoms with Crippen molar-refractivity contribution in [1.29, 1.82) is 0 Å². The van der Waals surface area contributed by atoms with Crippen molar-refractivity contribution in [2.75, 3.05) is 19.7 Å². The lowest BCUT2D eigenvalue weighted by atomic mass is 9.81. The van der Waals surface area contributed by atoms with Crippen molar-refractivity contribution in [3.05, 3.63) is 29.8 Å². The summed E-state index contributed by atoms with van der Waals surface area (Å²) in [4.78, 5) is 25.6. The van der Waals surface area contributed by atoms with Crippen LogP contribution in [0, 0.1) is 11.8 Å². The van der Waals surface area contributed by atoms with E-state index in [-0.39, 0.29) is 23.5 Å². The number of carboxylic acids is 1. The zero-order chi connectivity index (χ0) is 19.4. The Kier molecular flexibility index (Phi) is 6.26. The number of carboxylic acid groups (broad SMARTS) is 1. The van der Waals surface area contributed by atoms with E-state index in [0.717, 1.165) is 0 Å². The number of hydrogen-bond acceptors (Lipinski definition) is 4. The third kappa shape index (κ3) is 4.94. The summed E-state index contributed by atoms with van der Waals surface area (Å²) in [6, 6.07) is 6.32. The second kappa shape index (κ2) is 8.65. The van der Waals surface area contributed by atoms with Gasteiger partial charge < -0.3 is 19.5 Å². The van der Waals surface area contributed by atoms with E-state index < -0.39 is 18.7 Å². The first-order chi connectivity index (χ1) is 12.9. The number of hydrogen-bond donors (Lipinski definition) is 1. The summed E-state index contributed by atoms with van der Waals surface area (Å²) in [6.45, 7) is -1.72. The largest absolute Gasteiger partial charge is 0.481 e. The Balaban J connectivity index is 1.61. The standard InChI is InChI=1S/C19H23F2NO5/c20-19(21)27-15-3-1-2-14(10-15)16-11-22(8-9-26-16)17(23)12-4-6-13(7-5-12)18(24)25/h1-3,10,12-13,16,19H,4-9,11H2,(H,24,25). The minimum atomic E-state index is -2.90. The van der Waals surface area contributed by atoms with Crippen molar-refractivity contribution in [2.45, 2.75) is 38.4 Å². The van der Waals surface area contributed by atoms with Crippen LogP contribution in [0.4, 0.5) is 8.78 Å². The first-order valence-electron chi connectivity index (χ1n) is 9.12. The predicted octanol–water partition coefficient (Wildman–Crippen LogP) is 3.08. The van der Waals surface area contributed by atoms with Gasteiger partial charge in [0.2, 0.25) is 5.91 Å². The molecule has 1 amide bonds. The first-order valence-corrected chi connectivity index (χ1v) is 9.12. The highest BCUT2D eigenvalue weighted by atomic mass is 19.3. The lowest BCUT2D eigenvalue weighted by Crippen LogP contribution is -2.45. The van der Waals surface area contributed by atoms with Gasteiger partial charge in [0.15, 0.2) is 0 Å². The van der Waals surface area contributed by atoms with Gasteiger partial charge in [-0.2, -0.15) is 8.78 Å². The second-order valence-electron chi connectivity index (χ2n) is 6.98. The normalized spacial score (nSPS) is 26.0. The van der Waals surface area contributed by atoms with Gasteiger partial charge in [0, 0.05) is 12.5 Å². The summed E-state index contributed by atoms with van der Waals surface area (Å²) in [5, 5.41) is 9.08. The van der Waals surface area contributed by atoms with Gasteiger partial charge in [-0.1, -0.05) is 12.1 Å². The summed E-state index contributed by atoms with van der Waals surface area (Å²) in [5.74, 6) is -1.23. The molecule has 148 valence electrons. The molecule has 1 aliphatic carbocycles. The molecule has 1 saturated carbocycles. The highest BCUT2D eigenvalue weighted by Gasteiger charge is 2.34. The molecule has 1 heterocycles. The predicted molar refractivity (Wildman–Crippen MR) is 91.4 cm³/mol. The second-order valence-corrected chi connectivity index (χ2v) is 6.98. The third-order valence-corrected chi connectivity index (χ3v) is 5.26. The molecule has 1 aromatic carbocycles. The molecular weight excluding hydrogens is 360 g/mol. The number of benzene rings is 1. The molecule has 3 rings (SSSR count). The molecule has 1 saturated heterocycles. The van der Waals surface area contributed by atoms with Crippen LogP contribution in [0.1, 0.15) is 37.4 Å². The number of halogens is 2. The van der Waals surface area contributed by atoms with Crippen molar-refractivity contribution in [3.63, 3.8) is 0 Å². The lowest BCUT2D eigenvalue weighted by Gasteiger charge is -2.36. The van der Waals surface area contributed by atoms with Gasteiger partial charge in [-0.3, -0.25) is 9.59 Å². The maximum atomic E-state index is 12.8. The molecule has 0 spiro atoms. The van der Waals surface area contributed by atoms with Crippen LogP contribution in [-0.2, 0) is 14.3 Å². The van der Waals surface area contributed by atoms with E-state index in [4.69, 9.17) is 9.84 Å². The Morgan fingerprint density at radius 3 is 2.56 bits per heavy atom. The van der Waals surface area contributed by atoms with Crippen LogP contribution in [0.15, 0.2) is 24.3 Å². The van der Waals surface area contributed by atoms with E-state index >= 15 is 0 Å². The summed E-state index contributed by atoms with van der Waals surface area (Å²) >= 11 is 0. The van der Waals surface area contributed by atoms with Gasteiger partial charge in [-0.25, -0.2) is 0 Å². The molecule has 1 aromatic rings. The fourth-order valence-electron chi connectivity index (χ4n) is 3.79. The highest BCUT2D eigenvalue weighted by molar-refractivity contribution is 5.79. The molecule has 1 aliphatic heterocycles. The smallest absolute Gasteiger partial charge is 0.387 e. The molecule has 0 bridgehead atoms. The molecule has 0 radical (unpaired) electrons. The van der Waals surface area contributed by atoms with Crippen LogP contribution in [0.25, 0.3) is 0 Å². The Morgan fingerprint density at radius 2 is 1.89 bits per heavy atom. The quantitative estimate of drug-likeness (QED) is 0.846. The van der Waals surface area contributed by atoms with Crippen LogP contribution in [-0.4, -0.2) is 48.2 Å². The molecule has 27 heavy (non-hydrogen) atoms. The van der Waals surface area contributed by atoms with Crippen LogP contribution >= 0.6 is 0 Å². The molecule has 8 heteroatoms. The molecule has 0 aromatic heterocycles. The van der Waals surface area contributed by atoms with Crippen LogP contribution in [0.5, 0.6) is 5.75 Å². The number of nitrogens with zero attached hydrogens (tertiary/aromatic N) is 1. The van der Waals surface area contributed by atoms with Crippen molar-refractivity contribution in [3.8, 4) is 5.75 Å². The van der Waals surface area contributed by atoms with Gasteiger partial charge in [-0.05, 0) is 43.4 Å². The van der Waals surface area contributed by atoms with Gasteiger partial charge in [0.05, 0.1) is 19.1 Å². The van der Waals surface area contributed by atoms with Crippen LogP contribution < -0.4 is 4.74 Å². The van der Waals surface area contributed by atoms with Crippen molar-refractivity contribution in [2.24, 2.45) is 11.8 Å². The molecule has 1 N–H and O–H groups in total. The van der Waals surface area contributed by atoms with E-state index in [1.165, 1.54) is 12.1 Å². The molecular formula is C19H23F2NO5. The van der Waals surface area contributed by atoms with Gasteiger partial charge in [-0.15, -0.1) is 0 Å². The summed E-state index contributed by atoms with van der Waals surface area (Å²) in [5.41, 5.74) is 0.681. The average Bonchev–Trinajstić information content (AvgIpc) is 2.67. The minimum absolute atomic E-state index is 0.0205. The van der Waals surface area contributed by atoms with E-state index in [1.807, 2.05) is 0 Å². The van der Waals surface area contributed by atoms with E-state index in [1.54, 1.807) is 17.0 Å². The Hall–Kier alpha value is -2.22. The van der Waals surface area contributed by atoms with Crippen molar-refractivity contribution >= 4 is 11.9 Å².